The summed E-state index contributed by atoms with van der Waals surface area (Å²) >= 11 is 1.74. The molecule has 0 aliphatic rings. The maximum Gasteiger partial charge on any atom is 0.126 e. The van der Waals surface area contributed by atoms with Gasteiger partial charge >= 0.3 is 0 Å². The molecule has 1 N–H and O–H groups in total. The van der Waals surface area contributed by atoms with E-state index in [2.05, 4.69) is 32.4 Å². The molecule has 0 saturated heterocycles. The maximum absolute atomic E-state index is 13.0. The summed E-state index contributed by atoms with van der Waals surface area (Å²) in [6.45, 7) is 11.6. The maximum atomic E-state index is 13.0. The van der Waals surface area contributed by atoms with Gasteiger partial charge in [0.05, 0.1) is 0 Å². The van der Waals surface area contributed by atoms with Gasteiger partial charge in [0.1, 0.15) is 5.82 Å². The lowest BCUT2D eigenvalue weighted by Gasteiger charge is -2.05. The van der Waals surface area contributed by atoms with Crippen molar-refractivity contribution in [1.29, 1.82) is 0 Å². The van der Waals surface area contributed by atoms with Crippen LogP contribution in [0.15, 0.2) is 18.2 Å². The van der Waals surface area contributed by atoms with Crippen LogP contribution in [0.25, 0.3) is 0 Å². The van der Waals surface area contributed by atoms with Gasteiger partial charge in [0.2, 0.25) is 0 Å². The van der Waals surface area contributed by atoms with Crippen molar-refractivity contribution in [2.24, 2.45) is 5.92 Å². The molecule has 3 heteroatoms. The zero-order valence-electron chi connectivity index (χ0n) is 15.8. The second kappa shape index (κ2) is 15.0. The summed E-state index contributed by atoms with van der Waals surface area (Å²) in [6, 6.07) is 5.25. The van der Waals surface area contributed by atoms with Crippen LogP contribution in [0.4, 0.5) is 4.39 Å². The summed E-state index contributed by atoms with van der Waals surface area (Å²) in [4.78, 5) is 0. The molecule has 0 unspecified atom stereocenters. The first-order valence-electron chi connectivity index (χ1n) is 9.10. The predicted molar refractivity (Wildman–Crippen MR) is 104 cm³/mol. The number of hydrogen-bond acceptors (Lipinski definition) is 2. The Labute approximate surface area is 148 Å². The summed E-state index contributed by atoms with van der Waals surface area (Å²) in [5, 5.41) is 0. The molecule has 0 aliphatic heterocycles. The van der Waals surface area contributed by atoms with Crippen LogP contribution in [0.5, 0.6) is 0 Å². The van der Waals surface area contributed by atoms with Crippen molar-refractivity contribution in [2.45, 2.75) is 79.7 Å². The van der Waals surface area contributed by atoms with Crippen LogP contribution in [-0.2, 0) is 6.54 Å². The fourth-order valence-electron chi connectivity index (χ4n) is 2.04. The number of halogens is 1. The van der Waals surface area contributed by atoms with Gasteiger partial charge in [0.25, 0.3) is 0 Å². The lowest BCUT2D eigenvalue weighted by Crippen LogP contribution is -2.04. The van der Waals surface area contributed by atoms with E-state index in [4.69, 9.17) is 0 Å². The number of nitrogens with one attached hydrogen (secondary N) is 1. The molecule has 0 spiro atoms. The fraction of sp³-hybridized carbons (Fsp3) is 0.700. The Morgan fingerprint density at radius 3 is 2.35 bits per heavy atom. The topological polar surface area (TPSA) is 12.0 Å². The summed E-state index contributed by atoms with van der Waals surface area (Å²) < 4.78 is 16.2. The zero-order chi connectivity index (χ0) is 17.5. The van der Waals surface area contributed by atoms with E-state index in [0.717, 1.165) is 23.8 Å². The van der Waals surface area contributed by atoms with Crippen LogP contribution in [0.2, 0.25) is 0 Å². The number of hydrogen-bond donors (Lipinski definition) is 1. The van der Waals surface area contributed by atoms with Crippen molar-refractivity contribution in [1.82, 2.24) is 4.72 Å². The summed E-state index contributed by atoms with van der Waals surface area (Å²) in [7, 11) is 0. The molecule has 0 aromatic heterocycles. The number of unbranched alkanes of at least 4 members (excludes halogenated alkanes) is 3. The van der Waals surface area contributed by atoms with Gasteiger partial charge in [-0.05, 0) is 36.5 Å². The molecule has 1 nitrogen and oxygen atoms in total. The minimum absolute atomic E-state index is 0.127. The Bertz CT molecular complexity index is 393. The van der Waals surface area contributed by atoms with Gasteiger partial charge in [-0.2, -0.15) is 0 Å². The highest BCUT2D eigenvalue weighted by Crippen LogP contribution is 2.10. The molecule has 0 saturated carbocycles. The van der Waals surface area contributed by atoms with Crippen LogP contribution >= 0.6 is 11.9 Å². The third kappa shape index (κ3) is 13.6. The van der Waals surface area contributed by atoms with Crippen LogP contribution in [0.3, 0.4) is 0 Å². The number of aryl methyl sites for hydroxylation is 1. The first-order chi connectivity index (χ1) is 11.0. The Balaban J connectivity index is 0.000000515. The highest BCUT2D eigenvalue weighted by molar-refractivity contribution is 7.97. The Morgan fingerprint density at radius 2 is 1.78 bits per heavy atom. The van der Waals surface area contributed by atoms with E-state index < -0.39 is 0 Å². The predicted octanol–water partition coefficient (Wildman–Crippen LogP) is 6.89. The lowest BCUT2D eigenvalue weighted by atomic mass is 10.1. The molecular weight excluding hydrogens is 305 g/mol. The van der Waals surface area contributed by atoms with Crippen molar-refractivity contribution in [3.05, 3.63) is 35.1 Å². The molecule has 0 radical (unpaired) electrons. The van der Waals surface area contributed by atoms with Gasteiger partial charge in [0.15, 0.2) is 0 Å². The van der Waals surface area contributed by atoms with Crippen LogP contribution in [-0.4, -0.2) is 5.75 Å². The van der Waals surface area contributed by atoms with E-state index in [1.165, 1.54) is 44.6 Å². The zero-order valence-corrected chi connectivity index (χ0v) is 16.6. The summed E-state index contributed by atoms with van der Waals surface area (Å²) in [6.07, 6.45) is 8.07. The number of benzene rings is 1. The summed E-state index contributed by atoms with van der Waals surface area (Å²) in [5.74, 6) is 1.91. The molecule has 1 aromatic carbocycles. The lowest BCUT2D eigenvalue weighted by molar-refractivity contribution is 0.534. The van der Waals surface area contributed by atoms with Crippen molar-refractivity contribution in [2.75, 3.05) is 5.75 Å². The standard InChI is InChI=1S/C12H18FNS.C8H18/c1-3-4-7-15-14-9-11-5-6-12(13)10(2)8-11;1-4-5-6-7-8(2)3/h5-6,8,14H,3-4,7,9H2,1-2H3;8H,4-7H2,1-3H3. The molecule has 0 amide bonds. The minimum atomic E-state index is -0.127. The van der Waals surface area contributed by atoms with Crippen molar-refractivity contribution in [3.8, 4) is 0 Å². The smallest absolute Gasteiger partial charge is 0.126 e. The van der Waals surface area contributed by atoms with Crippen LogP contribution in [0.1, 0.15) is 77.3 Å². The van der Waals surface area contributed by atoms with Crippen molar-refractivity contribution < 1.29 is 4.39 Å². The quantitative estimate of drug-likeness (QED) is 0.367. The van der Waals surface area contributed by atoms with E-state index in [1.54, 1.807) is 18.9 Å². The molecule has 1 rings (SSSR count). The molecule has 0 bridgehead atoms. The highest BCUT2D eigenvalue weighted by atomic mass is 32.2. The van der Waals surface area contributed by atoms with Crippen LogP contribution in [0, 0.1) is 18.7 Å². The van der Waals surface area contributed by atoms with Gasteiger partial charge in [-0.1, -0.05) is 83.9 Å². The SMILES string of the molecule is CCCCCC(C)C.CCCCSNCc1ccc(F)c(C)c1. The molecule has 0 atom stereocenters. The molecule has 0 aliphatic carbocycles. The Morgan fingerprint density at radius 1 is 1.09 bits per heavy atom. The second-order valence-corrected chi connectivity index (χ2v) is 7.48. The highest BCUT2D eigenvalue weighted by Gasteiger charge is 1.98. The van der Waals surface area contributed by atoms with E-state index in [9.17, 15) is 4.39 Å². The van der Waals surface area contributed by atoms with Crippen molar-refractivity contribution in [3.63, 3.8) is 0 Å². The van der Waals surface area contributed by atoms with Gasteiger partial charge in [0, 0.05) is 12.3 Å². The monoisotopic (exact) mass is 341 g/mol. The third-order valence-electron chi connectivity index (χ3n) is 3.59. The minimum Gasteiger partial charge on any atom is -0.260 e. The fourth-order valence-corrected chi connectivity index (χ4v) is 2.89. The molecule has 134 valence electrons. The molecule has 23 heavy (non-hydrogen) atoms. The second-order valence-electron chi connectivity index (χ2n) is 6.50. The third-order valence-corrected chi connectivity index (χ3v) is 4.43. The largest absolute Gasteiger partial charge is 0.260 e. The first kappa shape index (κ1) is 22.5. The van der Waals surface area contributed by atoms with Gasteiger partial charge in [-0.15, -0.1) is 0 Å². The van der Waals surface area contributed by atoms with E-state index in [1.807, 2.05) is 12.1 Å². The average Bonchev–Trinajstić information content (AvgIpc) is 2.51. The van der Waals surface area contributed by atoms with Crippen LogP contribution < -0.4 is 4.72 Å². The van der Waals surface area contributed by atoms with Gasteiger partial charge in [-0.3, -0.25) is 4.72 Å². The number of rotatable bonds is 10. The van der Waals surface area contributed by atoms with E-state index >= 15 is 0 Å². The molecular formula is C20H36FNS. The molecule has 1 aromatic rings. The van der Waals surface area contributed by atoms with Crippen molar-refractivity contribution >= 4 is 11.9 Å². The Kier molecular flexibility index (Phi) is 14.7. The normalized spacial score (nSPS) is 10.6. The van der Waals surface area contributed by atoms with Gasteiger partial charge < -0.3 is 0 Å². The first-order valence-corrected chi connectivity index (χ1v) is 10.1. The summed E-state index contributed by atoms with van der Waals surface area (Å²) in [5.41, 5.74) is 1.85. The van der Waals surface area contributed by atoms with Gasteiger partial charge in [-0.25, -0.2) is 4.39 Å². The Hall–Kier alpha value is -0.540. The van der Waals surface area contributed by atoms with E-state index in [0.29, 0.717) is 5.56 Å². The molecule has 0 fully saturated rings. The molecule has 0 heterocycles. The average molecular weight is 342 g/mol. The van der Waals surface area contributed by atoms with E-state index in [-0.39, 0.29) is 5.82 Å².